The quantitative estimate of drug-likeness (QED) is 0.246. The van der Waals surface area contributed by atoms with Crippen LogP contribution in [0.4, 0.5) is 0 Å². The third kappa shape index (κ3) is 3.95. The van der Waals surface area contributed by atoms with E-state index >= 15 is 0 Å². The molecule has 0 aliphatic heterocycles. The molecule has 0 aliphatic carbocycles. The van der Waals surface area contributed by atoms with Gasteiger partial charge in [0.15, 0.2) is 6.20 Å². The van der Waals surface area contributed by atoms with E-state index in [9.17, 15) is 0 Å². The molecule has 0 aliphatic rings. The van der Waals surface area contributed by atoms with Crippen LogP contribution in [0, 0.1) is 6.92 Å². The Bertz CT molecular complexity index is 1480. The molecule has 3 heterocycles. The molecule has 0 saturated carbocycles. The van der Waals surface area contributed by atoms with Gasteiger partial charge in [-0.3, -0.25) is 4.98 Å². The van der Waals surface area contributed by atoms with Crippen molar-refractivity contribution in [3.63, 3.8) is 0 Å². The molecule has 176 valence electrons. The summed E-state index contributed by atoms with van der Waals surface area (Å²) in [4.78, 5) is 4.62. The van der Waals surface area contributed by atoms with Crippen LogP contribution < -0.4 is 4.57 Å². The number of aryl methyl sites for hydroxylation is 2. The van der Waals surface area contributed by atoms with E-state index in [0.29, 0.717) is 11.8 Å². The minimum Gasteiger partial charge on any atom is -0.303 e. The average Bonchev–Trinajstić information content (AvgIpc) is 3.16. The first-order valence-corrected chi connectivity index (χ1v) is 12.5. The highest BCUT2D eigenvalue weighted by molar-refractivity contribution is 5.93. The van der Waals surface area contributed by atoms with Gasteiger partial charge < -0.3 is 4.57 Å². The van der Waals surface area contributed by atoms with Gasteiger partial charge >= 0.3 is 0 Å². The van der Waals surface area contributed by atoms with Gasteiger partial charge in [-0.2, -0.15) is 4.57 Å². The molecular formula is C32H34N3+. The third-order valence-electron chi connectivity index (χ3n) is 7.05. The summed E-state index contributed by atoms with van der Waals surface area (Å²) in [6.45, 7) is 11.4. The van der Waals surface area contributed by atoms with Crippen molar-refractivity contribution in [1.29, 1.82) is 0 Å². The Morgan fingerprint density at radius 3 is 2.14 bits per heavy atom. The van der Waals surface area contributed by atoms with Gasteiger partial charge in [-0.15, -0.1) is 0 Å². The van der Waals surface area contributed by atoms with Crippen molar-refractivity contribution in [3.05, 3.63) is 102 Å². The number of nitrogens with zero attached hydrogens (tertiary/aromatic N) is 3. The topological polar surface area (TPSA) is 21.7 Å². The number of fused-ring (bicyclic) bond motifs is 1. The Balaban J connectivity index is 1.91. The highest BCUT2D eigenvalue weighted by atomic mass is 15.0. The smallest absolute Gasteiger partial charge is 0.230 e. The zero-order chi connectivity index (χ0) is 24.7. The van der Waals surface area contributed by atoms with Crippen molar-refractivity contribution >= 4 is 10.9 Å². The van der Waals surface area contributed by atoms with Crippen molar-refractivity contribution < 1.29 is 4.57 Å². The van der Waals surface area contributed by atoms with E-state index in [4.69, 9.17) is 0 Å². The minimum absolute atomic E-state index is 0.409. The van der Waals surface area contributed by atoms with Crippen LogP contribution in [0.1, 0.15) is 56.2 Å². The van der Waals surface area contributed by atoms with E-state index < -0.39 is 0 Å². The Morgan fingerprint density at radius 1 is 0.800 bits per heavy atom. The summed E-state index contributed by atoms with van der Waals surface area (Å²) < 4.78 is 4.75. The van der Waals surface area contributed by atoms with Crippen LogP contribution >= 0.6 is 0 Å². The molecule has 2 aromatic carbocycles. The van der Waals surface area contributed by atoms with Gasteiger partial charge in [0.1, 0.15) is 12.7 Å². The van der Waals surface area contributed by atoms with Crippen molar-refractivity contribution in [3.8, 4) is 28.3 Å². The van der Waals surface area contributed by atoms with Crippen molar-refractivity contribution in [2.45, 2.75) is 46.5 Å². The molecule has 0 fully saturated rings. The van der Waals surface area contributed by atoms with Crippen molar-refractivity contribution in [2.75, 3.05) is 0 Å². The molecular weight excluding hydrogens is 426 g/mol. The molecule has 0 bridgehead atoms. The first-order chi connectivity index (χ1) is 16.9. The maximum atomic E-state index is 4.62. The molecule has 5 aromatic rings. The van der Waals surface area contributed by atoms with E-state index in [0.717, 1.165) is 11.3 Å². The summed E-state index contributed by atoms with van der Waals surface area (Å²) in [5, 5.41) is 1.29. The zero-order valence-electron chi connectivity index (χ0n) is 21.6. The lowest BCUT2D eigenvalue weighted by atomic mass is 9.92. The second-order valence-electron chi connectivity index (χ2n) is 10.0. The first kappa shape index (κ1) is 23.0. The van der Waals surface area contributed by atoms with Crippen LogP contribution in [0.3, 0.4) is 0 Å². The predicted molar refractivity (Wildman–Crippen MR) is 146 cm³/mol. The van der Waals surface area contributed by atoms with Crippen LogP contribution in [0.15, 0.2) is 85.2 Å². The second-order valence-corrected chi connectivity index (χ2v) is 10.0. The second kappa shape index (κ2) is 9.14. The summed E-state index contributed by atoms with van der Waals surface area (Å²) in [7, 11) is 2.14. The van der Waals surface area contributed by atoms with E-state index in [1.165, 1.54) is 44.7 Å². The first-order valence-electron chi connectivity index (χ1n) is 12.5. The van der Waals surface area contributed by atoms with Crippen LogP contribution in [-0.2, 0) is 7.05 Å². The summed E-state index contributed by atoms with van der Waals surface area (Å²) in [5.41, 5.74) is 11.1. The molecule has 3 aromatic heterocycles. The maximum absolute atomic E-state index is 4.62. The van der Waals surface area contributed by atoms with Crippen molar-refractivity contribution in [2.24, 2.45) is 7.05 Å². The summed E-state index contributed by atoms with van der Waals surface area (Å²) >= 11 is 0. The molecule has 0 spiro atoms. The lowest BCUT2D eigenvalue weighted by Crippen LogP contribution is -2.31. The maximum Gasteiger partial charge on any atom is 0.230 e. The molecule has 0 N–H and O–H groups in total. The SMILES string of the molecule is Cc1c(-c2cc(-c3ccccn3)cc[n+]2C)n(-c2c(C(C)C)cccc2C(C)C)c2ccccc12. The molecule has 35 heavy (non-hydrogen) atoms. The highest BCUT2D eigenvalue weighted by Gasteiger charge is 2.27. The van der Waals surface area contributed by atoms with E-state index in [-0.39, 0.29) is 0 Å². The molecule has 0 amide bonds. The largest absolute Gasteiger partial charge is 0.303 e. The van der Waals surface area contributed by atoms with Crippen molar-refractivity contribution in [1.82, 2.24) is 9.55 Å². The Hall–Kier alpha value is -3.72. The number of hydrogen-bond donors (Lipinski definition) is 0. The normalized spacial score (nSPS) is 11.7. The van der Waals surface area contributed by atoms with Gasteiger partial charge in [0.2, 0.25) is 5.69 Å². The lowest BCUT2D eigenvalue weighted by Gasteiger charge is -2.23. The fourth-order valence-corrected chi connectivity index (χ4v) is 5.21. The van der Waals surface area contributed by atoms with Gasteiger partial charge in [0, 0.05) is 29.3 Å². The van der Waals surface area contributed by atoms with Crippen LogP contribution in [-0.4, -0.2) is 9.55 Å². The Morgan fingerprint density at radius 2 is 1.49 bits per heavy atom. The Labute approximate surface area is 208 Å². The van der Waals surface area contributed by atoms with Gasteiger partial charge in [-0.25, -0.2) is 0 Å². The fourth-order valence-electron chi connectivity index (χ4n) is 5.21. The third-order valence-corrected chi connectivity index (χ3v) is 7.05. The lowest BCUT2D eigenvalue weighted by molar-refractivity contribution is -0.660. The summed E-state index contributed by atoms with van der Waals surface area (Å²) in [5.74, 6) is 0.818. The highest BCUT2D eigenvalue weighted by Crippen LogP contribution is 2.40. The summed E-state index contributed by atoms with van der Waals surface area (Å²) in [6.07, 6.45) is 4.01. The average molecular weight is 461 g/mol. The molecule has 0 atom stereocenters. The number of para-hydroxylation sites is 2. The van der Waals surface area contributed by atoms with Crippen LogP contribution in [0.5, 0.6) is 0 Å². The summed E-state index contributed by atoms with van der Waals surface area (Å²) in [6, 6.07) is 26.1. The van der Waals surface area contributed by atoms with E-state index in [2.05, 4.69) is 123 Å². The van der Waals surface area contributed by atoms with Crippen LogP contribution in [0.2, 0.25) is 0 Å². The molecule has 0 unspecified atom stereocenters. The minimum atomic E-state index is 0.409. The standard InChI is InChI=1S/C32H34N3/c1-21(2)25-13-11-14-26(22(3)4)32(25)35-29-16-8-7-12-27(29)23(5)31(35)30-20-24(17-19-34(30)6)28-15-9-10-18-33-28/h7-22H,1-6H3/q+1. The molecule has 0 saturated heterocycles. The number of aromatic nitrogens is 3. The van der Waals surface area contributed by atoms with E-state index in [1.807, 2.05) is 18.3 Å². The molecule has 0 radical (unpaired) electrons. The number of rotatable bonds is 5. The number of pyridine rings is 2. The number of benzene rings is 2. The number of hydrogen-bond acceptors (Lipinski definition) is 1. The predicted octanol–water partition coefficient (Wildman–Crippen LogP) is 7.74. The van der Waals surface area contributed by atoms with Gasteiger partial charge in [0.25, 0.3) is 0 Å². The molecule has 3 nitrogen and oxygen atoms in total. The van der Waals surface area contributed by atoms with Gasteiger partial charge in [0.05, 0.1) is 16.9 Å². The molecule has 3 heteroatoms. The van der Waals surface area contributed by atoms with Gasteiger partial charge in [-0.05, 0) is 53.6 Å². The Kier molecular flexibility index (Phi) is 6.02. The van der Waals surface area contributed by atoms with E-state index in [1.54, 1.807) is 0 Å². The van der Waals surface area contributed by atoms with Crippen LogP contribution in [0.25, 0.3) is 39.2 Å². The molecule has 5 rings (SSSR count). The van der Waals surface area contributed by atoms with Gasteiger partial charge in [-0.1, -0.05) is 70.2 Å². The zero-order valence-corrected chi connectivity index (χ0v) is 21.6. The fraction of sp³-hybridized carbons (Fsp3) is 0.250. The monoisotopic (exact) mass is 460 g/mol.